The van der Waals surface area contributed by atoms with E-state index in [2.05, 4.69) is 45.0 Å². The zero-order valence-corrected chi connectivity index (χ0v) is 15.1. The molecular formula is C21H26N4O. The Morgan fingerprint density at radius 1 is 1.08 bits per heavy atom. The van der Waals surface area contributed by atoms with Crippen LogP contribution in [-0.2, 0) is 11.3 Å². The standard InChI is InChI=1S/C21H26N4O/c1-2-4-19-18(3-1)23-20(24-19)16-7-5-15(6-8-16)13-25-11-10-22-21(25)17-9-12-26-14-17/h1-4,10-11,15-17H,5-9,12-14H2,(H,23,24)/t15?,16?,17-/m0/s1. The summed E-state index contributed by atoms with van der Waals surface area (Å²) in [5.74, 6) is 4.20. The summed E-state index contributed by atoms with van der Waals surface area (Å²) in [7, 11) is 0. The normalized spacial score (nSPS) is 26.5. The van der Waals surface area contributed by atoms with Crippen molar-refractivity contribution in [1.29, 1.82) is 0 Å². The highest BCUT2D eigenvalue weighted by Crippen LogP contribution is 2.36. The summed E-state index contributed by atoms with van der Waals surface area (Å²) < 4.78 is 7.93. The Hall–Kier alpha value is -2.14. The van der Waals surface area contributed by atoms with E-state index in [4.69, 9.17) is 9.72 Å². The third kappa shape index (κ3) is 3.05. The Morgan fingerprint density at radius 2 is 1.96 bits per heavy atom. The molecule has 1 aliphatic heterocycles. The van der Waals surface area contributed by atoms with Crippen molar-refractivity contribution < 1.29 is 4.74 Å². The molecule has 5 nitrogen and oxygen atoms in total. The Labute approximate surface area is 153 Å². The second-order valence-corrected chi connectivity index (χ2v) is 7.86. The first-order valence-corrected chi connectivity index (χ1v) is 9.90. The van der Waals surface area contributed by atoms with E-state index in [1.807, 2.05) is 6.20 Å². The SMILES string of the molecule is c1ccc2[nH]c(C3CCC(Cn4ccnc4[C@H]4CCOC4)CC3)nc2c1. The van der Waals surface area contributed by atoms with E-state index < -0.39 is 0 Å². The van der Waals surface area contributed by atoms with Crippen molar-refractivity contribution >= 4 is 11.0 Å². The zero-order valence-electron chi connectivity index (χ0n) is 15.1. The molecule has 1 saturated carbocycles. The van der Waals surface area contributed by atoms with Crippen molar-refractivity contribution in [1.82, 2.24) is 19.5 Å². The summed E-state index contributed by atoms with van der Waals surface area (Å²) >= 11 is 0. The lowest BCUT2D eigenvalue weighted by Gasteiger charge is -2.28. The van der Waals surface area contributed by atoms with Crippen LogP contribution in [0, 0.1) is 5.92 Å². The molecule has 1 aliphatic carbocycles. The summed E-state index contributed by atoms with van der Waals surface area (Å²) in [6.45, 7) is 2.80. The highest BCUT2D eigenvalue weighted by atomic mass is 16.5. The number of nitrogens with one attached hydrogen (secondary N) is 1. The van der Waals surface area contributed by atoms with E-state index in [1.165, 1.54) is 37.3 Å². The number of hydrogen-bond acceptors (Lipinski definition) is 3. The number of nitrogens with zero attached hydrogens (tertiary/aromatic N) is 3. The number of rotatable bonds is 4. The molecule has 2 fully saturated rings. The number of aromatic nitrogens is 4. The van der Waals surface area contributed by atoms with Crippen LogP contribution in [0.25, 0.3) is 11.0 Å². The molecule has 1 N–H and O–H groups in total. The first-order valence-electron chi connectivity index (χ1n) is 9.90. The van der Waals surface area contributed by atoms with Crippen LogP contribution >= 0.6 is 0 Å². The minimum Gasteiger partial charge on any atom is -0.381 e. The Balaban J connectivity index is 1.23. The molecule has 2 aromatic heterocycles. The van der Waals surface area contributed by atoms with E-state index in [0.29, 0.717) is 11.8 Å². The van der Waals surface area contributed by atoms with E-state index >= 15 is 0 Å². The highest BCUT2D eigenvalue weighted by Gasteiger charge is 2.27. The molecule has 136 valence electrons. The highest BCUT2D eigenvalue weighted by molar-refractivity contribution is 5.74. The van der Waals surface area contributed by atoms with Gasteiger partial charge in [0.2, 0.25) is 0 Å². The predicted molar refractivity (Wildman–Crippen MR) is 101 cm³/mol. The fraction of sp³-hybridized carbons (Fsp3) is 0.524. The lowest BCUT2D eigenvalue weighted by molar-refractivity contribution is 0.192. The first kappa shape index (κ1) is 16.1. The fourth-order valence-electron chi connectivity index (χ4n) is 4.64. The van der Waals surface area contributed by atoms with Crippen molar-refractivity contribution in [3.05, 3.63) is 48.3 Å². The summed E-state index contributed by atoms with van der Waals surface area (Å²) in [5.41, 5.74) is 2.25. The van der Waals surface area contributed by atoms with Gasteiger partial charge in [-0.3, -0.25) is 0 Å². The molecule has 5 rings (SSSR count). The molecule has 1 aromatic carbocycles. The molecule has 1 atom stereocenters. The smallest absolute Gasteiger partial charge is 0.114 e. The van der Waals surface area contributed by atoms with E-state index in [0.717, 1.165) is 43.1 Å². The van der Waals surface area contributed by atoms with Crippen LogP contribution in [0.2, 0.25) is 0 Å². The molecule has 3 heterocycles. The average molecular weight is 350 g/mol. The summed E-state index contributed by atoms with van der Waals surface area (Å²) in [5, 5.41) is 0. The summed E-state index contributed by atoms with van der Waals surface area (Å²) in [6.07, 6.45) is 10.2. The maximum absolute atomic E-state index is 5.55. The van der Waals surface area contributed by atoms with Gasteiger partial charge in [-0.2, -0.15) is 0 Å². The zero-order chi connectivity index (χ0) is 17.3. The second-order valence-electron chi connectivity index (χ2n) is 7.86. The number of benzene rings is 1. The molecule has 3 aromatic rings. The van der Waals surface area contributed by atoms with Gasteiger partial charge in [0.25, 0.3) is 0 Å². The molecule has 0 amide bonds. The molecule has 5 heteroatoms. The molecule has 0 unspecified atom stereocenters. The molecule has 0 radical (unpaired) electrons. The third-order valence-corrected chi connectivity index (χ3v) is 6.14. The maximum atomic E-state index is 5.55. The molecule has 2 aliphatic rings. The predicted octanol–water partition coefficient (Wildman–Crippen LogP) is 4.24. The Bertz CT molecular complexity index is 836. The van der Waals surface area contributed by atoms with Crippen molar-refractivity contribution in [3.63, 3.8) is 0 Å². The molecule has 1 saturated heterocycles. The summed E-state index contributed by atoms with van der Waals surface area (Å²) in [6, 6.07) is 8.33. The number of fused-ring (bicyclic) bond motifs is 1. The van der Waals surface area contributed by atoms with Crippen molar-refractivity contribution in [2.24, 2.45) is 5.92 Å². The van der Waals surface area contributed by atoms with Gasteiger partial charge in [0, 0.05) is 37.4 Å². The van der Waals surface area contributed by atoms with Crippen LogP contribution in [0.3, 0.4) is 0 Å². The van der Waals surface area contributed by atoms with Gasteiger partial charge in [-0.15, -0.1) is 0 Å². The van der Waals surface area contributed by atoms with Crippen LogP contribution in [-0.4, -0.2) is 32.7 Å². The van der Waals surface area contributed by atoms with E-state index in [1.54, 1.807) is 0 Å². The molecule has 0 spiro atoms. The van der Waals surface area contributed by atoms with Gasteiger partial charge in [0.1, 0.15) is 11.6 Å². The van der Waals surface area contributed by atoms with Gasteiger partial charge in [-0.1, -0.05) is 12.1 Å². The number of ether oxygens (including phenoxy) is 1. The second kappa shape index (κ2) is 6.88. The van der Waals surface area contributed by atoms with E-state index in [-0.39, 0.29) is 0 Å². The average Bonchev–Trinajstić information content (AvgIpc) is 3.42. The van der Waals surface area contributed by atoms with Gasteiger partial charge >= 0.3 is 0 Å². The lowest BCUT2D eigenvalue weighted by atomic mass is 9.81. The lowest BCUT2D eigenvalue weighted by Crippen LogP contribution is -2.20. The number of para-hydroxylation sites is 2. The van der Waals surface area contributed by atoms with Gasteiger partial charge < -0.3 is 14.3 Å². The number of H-pyrrole nitrogens is 1. The van der Waals surface area contributed by atoms with Crippen LogP contribution in [0.15, 0.2) is 36.7 Å². The maximum Gasteiger partial charge on any atom is 0.114 e. The largest absolute Gasteiger partial charge is 0.381 e. The topological polar surface area (TPSA) is 55.7 Å². The minimum absolute atomic E-state index is 0.483. The van der Waals surface area contributed by atoms with E-state index in [9.17, 15) is 0 Å². The number of aromatic amines is 1. The van der Waals surface area contributed by atoms with Crippen LogP contribution in [0.4, 0.5) is 0 Å². The minimum atomic E-state index is 0.483. The van der Waals surface area contributed by atoms with Gasteiger partial charge in [0.15, 0.2) is 0 Å². The molecule has 26 heavy (non-hydrogen) atoms. The monoisotopic (exact) mass is 350 g/mol. The fourth-order valence-corrected chi connectivity index (χ4v) is 4.64. The molecule has 0 bridgehead atoms. The first-order chi connectivity index (χ1) is 12.9. The van der Waals surface area contributed by atoms with Crippen molar-refractivity contribution in [3.8, 4) is 0 Å². The van der Waals surface area contributed by atoms with Crippen LogP contribution < -0.4 is 0 Å². The third-order valence-electron chi connectivity index (χ3n) is 6.14. The van der Waals surface area contributed by atoms with Gasteiger partial charge in [-0.05, 0) is 50.2 Å². The Morgan fingerprint density at radius 3 is 2.77 bits per heavy atom. The summed E-state index contributed by atoms with van der Waals surface area (Å²) in [4.78, 5) is 13.0. The van der Waals surface area contributed by atoms with Crippen LogP contribution in [0.1, 0.15) is 55.6 Å². The number of imidazole rings is 2. The quantitative estimate of drug-likeness (QED) is 0.766. The van der Waals surface area contributed by atoms with Gasteiger partial charge in [0.05, 0.1) is 17.6 Å². The van der Waals surface area contributed by atoms with Crippen molar-refractivity contribution in [2.45, 2.75) is 50.5 Å². The molecular weight excluding hydrogens is 324 g/mol. The Kier molecular flexibility index (Phi) is 4.25. The van der Waals surface area contributed by atoms with Crippen molar-refractivity contribution in [2.75, 3.05) is 13.2 Å². The number of hydrogen-bond donors (Lipinski definition) is 1. The van der Waals surface area contributed by atoms with Crippen LogP contribution in [0.5, 0.6) is 0 Å². The van der Waals surface area contributed by atoms with Gasteiger partial charge in [-0.25, -0.2) is 9.97 Å².